The van der Waals surface area contributed by atoms with Gasteiger partial charge in [0, 0.05) is 30.6 Å². The molecule has 2 N–H and O–H groups in total. The van der Waals surface area contributed by atoms with E-state index in [0.717, 1.165) is 5.56 Å². The fourth-order valence-electron chi connectivity index (χ4n) is 3.04. The largest absolute Gasteiger partial charge is 0.354 e. The molecule has 0 saturated carbocycles. The standard InChI is InChI=1S/C17H25N3O4S/c1-11(2)19-16(21)7-8-18-17(22)13-5-6-15-14(10-13)9-12(3)20(15)25(4,23)24/h5-6,10-12H,7-9H2,1-4H3,(H,18,22)(H,19,21). The fraction of sp³-hybridized carbons (Fsp3) is 0.529. The van der Waals surface area contributed by atoms with Gasteiger partial charge >= 0.3 is 0 Å². The maximum atomic E-state index is 12.2. The van der Waals surface area contributed by atoms with Gasteiger partial charge in [-0.15, -0.1) is 0 Å². The monoisotopic (exact) mass is 367 g/mol. The number of anilines is 1. The van der Waals surface area contributed by atoms with E-state index in [4.69, 9.17) is 0 Å². The summed E-state index contributed by atoms with van der Waals surface area (Å²) in [5, 5.41) is 5.48. The zero-order valence-electron chi connectivity index (χ0n) is 15.0. The third kappa shape index (κ3) is 4.72. The highest BCUT2D eigenvalue weighted by Gasteiger charge is 2.32. The van der Waals surface area contributed by atoms with Gasteiger partial charge in [-0.1, -0.05) is 0 Å². The second-order valence-electron chi connectivity index (χ2n) is 6.68. The van der Waals surface area contributed by atoms with Gasteiger partial charge in [-0.2, -0.15) is 0 Å². The normalized spacial score (nSPS) is 16.7. The topological polar surface area (TPSA) is 95.6 Å². The van der Waals surface area contributed by atoms with Crippen LogP contribution in [0.4, 0.5) is 5.69 Å². The minimum atomic E-state index is -3.34. The van der Waals surface area contributed by atoms with E-state index < -0.39 is 10.0 Å². The van der Waals surface area contributed by atoms with Crippen LogP contribution in [0.5, 0.6) is 0 Å². The highest BCUT2D eigenvalue weighted by atomic mass is 32.2. The molecule has 138 valence electrons. The van der Waals surface area contributed by atoms with Gasteiger partial charge in [-0.05, 0) is 51.0 Å². The number of amides is 2. The molecule has 1 heterocycles. The SMILES string of the molecule is CC(C)NC(=O)CCNC(=O)c1ccc2c(c1)CC(C)N2S(C)(=O)=O. The van der Waals surface area contributed by atoms with Crippen molar-refractivity contribution in [2.45, 2.75) is 45.7 Å². The van der Waals surface area contributed by atoms with Crippen LogP contribution in [0.15, 0.2) is 18.2 Å². The van der Waals surface area contributed by atoms with Gasteiger partial charge < -0.3 is 10.6 Å². The fourth-order valence-corrected chi connectivity index (χ4v) is 4.30. The van der Waals surface area contributed by atoms with Gasteiger partial charge in [0.05, 0.1) is 11.9 Å². The Morgan fingerprint density at radius 1 is 1.32 bits per heavy atom. The summed E-state index contributed by atoms with van der Waals surface area (Å²) in [4.78, 5) is 23.8. The summed E-state index contributed by atoms with van der Waals surface area (Å²) in [6.45, 7) is 5.85. The minimum absolute atomic E-state index is 0.0692. The first-order valence-corrected chi connectivity index (χ1v) is 10.1. The van der Waals surface area contributed by atoms with E-state index >= 15 is 0 Å². The molecule has 1 aliphatic heterocycles. The highest BCUT2D eigenvalue weighted by molar-refractivity contribution is 7.92. The molecule has 8 heteroatoms. The second-order valence-corrected chi connectivity index (χ2v) is 8.54. The first-order valence-electron chi connectivity index (χ1n) is 8.29. The molecule has 0 aromatic heterocycles. The second kappa shape index (κ2) is 7.43. The molecular weight excluding hydrogens is 342 g/mol. The maximum Gasteiger partial charge on any atom is 0.251 e. The van der Waals surface area contributed by atoms with E-state index in [1.54, 1.807) is 18.2 Å². The van der Waals surface area contributed by atoms with Crippen molar-refractivity contribution in [2.24, 2.45) is 0 Å². The predicted octanol–water partition coefficient (Wildman–Crippen LogP) is 1.04. The molecule has 0 bridgehead atoms. The Bertz CT molecular complexity index is 774. The number of rotatable bonds is 6. The number of hydrogen-bond donors (Lipinski definition) is 2. The van der Waals surface area contributed by atoms with E-state index in [1.165, 1.54) is 10.6 Å². The Balaban J connectivity index is 2.02. The van der Waals surface area contributed by atoms with Crippen LogP contribution in [-0.2, 0) is 21.2 Å². The van der Waals surface area contributed by atoms with E-state index in [9.17, 15) is 18.0 Å². The van der Waals surface area contributed by atoms with E-state index in [0.29, 0.717) is 17.7 Å². The van der Waals surface area contributed by atoms with Crippen LogP contribution in [-0.4, -0.2) is 45.1 Å². The Kier molecular flexibility index (Phi) is 5.72. The molecule has 1 aliphatic rings. The van der Waals surface area contributed by atoms with Crippen LogP contribution in [0.25, 0.3) is 0 Å². The van der Waals surface area contributed by atoms with Crippen LogP contribution in [0, 0.1) is 0 Å². The van der Waals surface area contributed by atoms with Crippen LogP contribution >= 0.6 is 0 Å². The minimum Gasteiger partial charge on any atom is -0.354 e. The number of benzene rings is 1. The zero-order valence-corrected chi connectivity index (χ0v) is 15.8. The van der Waals surface area contributed by atoms with Crippen LogP contribution < -0.4 is 14.9 Å². The van der Waals surface area contributed by atoms with Gasteiger partial charge in [0.25, 0.3) is 5.91 Å². The zero-order chi connectivity index (χ0) is 18.8. The van der Waals surface area contributed by atoms with Crippen molar-refractivity contribution < 1.29 is 18.0 Å². The third-order valence-electron chi connectivity index (χ3n) is 3.94. The summed E-state index contributed by atoms with van der Waals surface area (Å²) in [6, 6.07) is 4.90. The first-order chi connectivity index (χ1) is 11.6. The number of sulfonamides is 1. The molecule has 0 fully saturated rings. The van der Waals surface area contributed by atoms with Gasteiger partial charge in [0.15, 0.2) is 0 Å². The summed E-state index contributed by atoms with van der Waals surface area (Å²) in [5.74, 6) is -0.382. The molecule has 1 atom stereocenters. The molecule has 1 aromatic carbocycles. The summed E-state index contributed by atoms with van der Waals surface area (Å²) < 4.78 is 25.2. The summed E-state index contributed by atoms with van der Waals surface area (Å²) in [5.41, 5.74) is 1.93. The van der Waals surface area contributed by atoms with Crippen molar-refractivity contribution in [3.63, 3.8) is 0 Å². The Labute approximate surface area is 148 Å². The lowest BCUT2D eigenvalue weighted by Gasteiger charge is -2.21. The number of fused-ring (bicyclic) bond motifs is 1. The molecule has 0 radical (unpaired) electrons. The van der Waals surface area contributed by atoms with Crippen molar-refractivity contribution >= 4 is 27.5 Å². The van der Waals surface area contributed by atoms with Crippen molar-refractivity contribution in [1.82, 2.24) is 10.6 Å². The smallest absolute Gasteiger partial charge is 0.251 e. The van der Waals surface area contributed by atoms with Crippen LogP contribution in [0.1, 0.15) is 43.1 Å². The maximum absolute atomic E-state index is 12.2. The van der Waals surface area contributed by atoms with Gasteiger partial charge in [0.2, 0.25) is 15.9 Å². The molecule has 1 aromatic rings. The highest BCUT2D eigenvalue weighted by Crippen LogP contribution is 2.34. The Morgan fingerprint density at radius 3 is 2.60 bits per heavy atom. The number of carbonyl (C=O) groups excluding carboxylic acids is 2. The Hall–Kier alpha value is -2.09. The lowest BCUT2D eigenvalue weighted by Crippen LogP contribution is -2.34. The molecule has 0 spiro atoms. The number of hydrogen-bond acceptors (Lipinski definition) is 4. The third-order valence-corrected chi connectivity index (χ3v) is 5.21. The average Bonchev–Trinajstić information content (AvgIpc) is 2.80. The molecule has 1 unspecified atom stereocenters. The molecule has 7 nitrogen and oxygen atoms in total. The number of nitrogens with one attached hydrogen (secondary N) is 2. The van der Waals surface area contributed by atoms with Gasteiger partial charge in [-0.3, -0.25) is 13.9 Å². The van der Waals surface area contributed by atoms with Gasteiger partial charge in [-0.25, -0.2) is 8.42 Å². The lowest BCUT2D eigenvalue weighted by atomic mass is 10.1. The van der Waals surface area contributed by atoms with Crippen molar-refractivity contribution in [3.05, 3.63) is 29.3 Å². The molecule has 2 rings (SSSR count). The van der Waals surface area contributed by atoms with Crippen LogP contribution in [0.3, 0.4) is 0 Å². The molecule has 2 amide bonds. The quantitative estimate of drug-likeness (QED) is 0.785. The molecule has 0 saturated heterocycles. The average molecular weight is 367 g/mol. The summed E-state index contributed by atoms with van der Waals surface area (Å²) in [7, 11) is -3.34. The molecule has 25 heavy (non-hydrogen) atoms. The Morgan fingerprint density at radius 2 is 2.00 bits per heavy atom. The summed E-state index contributed by atoms with van der Waals surface area (Å²) >= 11 is 0. The van der Waals surface area contributed by atoms with E-state index in [2.05, 4.69) is 10.6 Å². The first kappa shape index (κ1) is 19.2. The lowest BCUT2D eigenvalue weighted by molar-refractivity contribution is -0.121. The molecular formula is C17H25N3O4S. The van der Waals surface area contributed by atoms with Crippen molar-refractivity contribution in [2.75, 3.05) is 17.1 Å². The van der Waals surface area contributed by atoms with Gasteiger partial charge in [0.1, 0.15) is 0 Å². The van der Waals surface area contributed by atoms with E-state index in [-0.39, 0.29) is 36.9 Å². The van der Waals surface area contributed by atoms with Crippen molar-refractivity contribution in [1.29, 1.82) is 0 Å². The predicted molar refractivity (Wildman–Crippen MR) is 97.2 cm³/mol. The van der Waals surface area contributed by atoms with E-state index in [1.807, 2.05) is 20.8 Å². The number of carbonyl (C=O) groups is 2. The number of nitrogens with zero attached hydrogens (tertiary/aromatic N) is 1. The summed E-state index contributed by atoms with van der Waals surface area (Å²) in [6.07, 6.45) is 1.97. The molecule has 0 aliphatic carbocycles. The van der Waals surface area contributed by atoms with Crippen molar-refractivity contribution in [3.8, 4) is 0 Å². The van der Waals surface area contributed by atoms with Crippen LogP contribution in [0.2, 0.25) is 0 Å².